The zero-order valence-corrected chi connectivity index (χ0v) is 8.34. The third-order valence-electron chi connectivity index (χ3n) is 2.73. The van der Waals surface area contributed by atoms with Crippen molar-refractivity contribution in [2.45, 2.75) is 39.2 Å². The van der Waals surface area contributed by atoms with Crippen LogP contribution in [0.2, 0.25) is 0 Å². The van der Waals surface area contributed by atoms with Crippen molar-refractivity contribution in [1.29, 1.82) is 0 Å². The summed E-state index contributed by atoms with van der Waals surface area (Å²) in [6.45, 7) is 6.83. The Hall–Kier alpha value is -0.0800. The fourth-order valence-electron chi connectivity index (χ4n) is 2.03. The van der Waals surface area contributed by atoms with Gasteiger partial charge >= 0.3 is 0 Å². The highest BCUT2D eigenvalue weighted by Crippen LogP contribution is 2.20. The molecule has 2 unspecified atom stereocenters. The predicted molar refractivity (Wildman–Crippen MR) is 53.0 cm³/mol. The van der Waals surface area contributed by atoms with Crippen LogP contribution in [0.1, 0.15) is 33.1 Å². The van der Waals surface area contributed by atoms with E-state index >= 15 is 0 Å². The van der Waals surface area contributed by atoms with E-state index < -0.39 is 0 Å². The molecule has 0 aromatic heterocycles. The van der Waals surface area contributed by atoms with E-state index in [4.69, 9.17) is 5.73 Å². The van der Waals surface area contributed by atoms with Crippen LogP contribution in [0.15, 0.2) is 0 Å². The van der Waals surface area contributed by atoms with Crippen LogP contribution in [-0.2, 0) is 0 Å². The number of nitrogens with two attached hydrogens (primary N) is 1. The minimum absolute atomic E-state index is 0.433. The molecule has 0 bridgehead atoms. The maximum absolute atomic E-state index is 6.09. The minimum Gasteiger partial charge on any atom is -0.327 e. The summed E-state index contributed by atoms with van der Waals surface area (Å²) in [5.74, 6) is 1.54. The Bertz CT molecular complexity index is 123. The molecule has 1 heterocycles. The van der Waals surface area contributed by atoms with Gasteiger partial charge in [0.1, 0.15) is 0 Å². The van der Waals surface area contributed by atoms with Crippen LogP contribution in [0.5, 0.6) is 0 Å². The first-order valence-electron chi connectivity index (χ1n) is 5.16. The van der Waals surface area contributed by atoms with Gasteiger partial charge in [0.25, 0.3) is 0 Å². The topological polar surface area (TPSA) is 38.0 Å². The third-order valence-corrected chi connectivity index (χ3v) is 2.73. The Kier molecular flexibility index (Phi) is 4.02. The van der Waals surface area contributed by atoms with Gasteiger partial charge in [-0.15, -0.1) is 0 Å². The van der Waals surface area contributed by atoms with E-state index in [2.05, 4.69) is 19.2 Å². The van der Waals surface area contributed by atoms with E-state index in [1.165, 1.54) is 12.8 Å². The molecule has 3 N–H and O–H groups in total. The molecule has 1 aliphatic rings. The van der Waals surface area contributed by atoms with Crippen molar-refractivity contribution in [1.82, 2.24) is 5.32 Å². The summed E-state index contributed by atoms with van der Waals surface area (Å²) >= 11 is 0. The van der Waals surface area contributed by atoms with Crippen LogP contribution in [0.25, 0.3) is 0 Å². The zero-order chi connectivity index (χ0) is 8.97. The summed E-state index contributed by atoms with van der Waals surface area (Å²) in [5.41, 5.74) is 6.09. The molecule has 0 aromatic rings. The Labute approximate surface area is 75.9 Å². The van der Waals surface area contributed by atoms with E-state index in [0.717, 1.165) is 31.3 Å². The van der Waals surface area contributed by atoms with Gasteiger partial charge in [-0.25, -0.2) is 0 Å². The lowest BCUT2D eigenvalue weighted by atomic mass is 9.87. The first-order chi connectivity index (χ1) is 5.70. The number of hydrogen-bond acceptors (Lipinski definition) is 2. The lowest BCUT2D eigenvalue weighted by Crippen LogP contribution is -2.30. The second-order valence-corrected chi connectivity index (χ2v) is 4.38. The molecular formula is C10H22N2. The van der Waals surface area contributed by atoms with Gasteiger partial charge in [0, 0.05) is 6.04 Å². The van der Waals surface area contributed by atoms with Gasteiger partial charge in [0.2, 0.25) is 0 Å². The maximum Gasteiger partial charge on any atom is 0.00798 e. The van der Waals surface area contributed by atoms with Gasteiger partial charge in [0.15, 0.2) is 0 Å². The van der Waals surface area contributed by atoms with Crippen LogP contribution in [0.3, 0.4) is 0 Å². The van der Waals surface area contributed by atoms with Crippen molar-refractivity contribution in [2.24, 2.45) is 17.6 Å². The van der Waals surface area contributed by atoms with E-state index in [0.29, 0.717) is 6.04 Å². The van der Waals surface area contributed by atoms with Crippen molar-refractivity contribution in [3.8, 4) is 0 Å². The van der Waals surface area contributed by atoms with Crippen molar-refractivity contribution < 1.29 is 0 Å². The average molecular weight is 170 g/mol. The molecule has 1 aliphatic heterocycles. The van der Waals surface area contributed by atoms with E-state index in [-0.39, 0.29) is 0 Å². The normalized spacial score (nSPS) is 32.0. The van der Waals surface area contributed by atoms with Crippen LogP contribution in [0, 0.1) is 11.8 Å². The first kappa shape index (κ1) is 10.0. The molecular weight excluding hydrogens is 148 g/mol. The Morgan fingerprint density at radius 3 is 2.67 bits per heavy atom. The molecule has 2 atom stereocenters. The van der Waals surface area contributed by atoms with Gasteiger partial charge in [-0.3, -0.25) is 0 Å². The highest BCUT2D eigenvalue weighted by atomic mass is 14.9. The standard InChI is InChI=1S/C10H22N2/c1-8(2)7-9-3-5-12-6-4-10(9)11/h8-10,12H,3-7,11H2,1-2H3. The summed E-state index contributed by atoms with van der Waals surface area (Å²) < 4.78 is 0. The number of hydrogen-bond donors (Lipinski definition) is 2. The summed E-state index contributed by atoms with van der Waals surface area (Å²) in [6.07, 6.45) is 3.71. The van der Waals surface area contributed by atoms with Crippen molar-refractivity contribution in [3.63, 3.8) is 0 Å². The molecule has 12 heavy (non-hydrogen) atoms. The van der Waals surface area contributed by atoms with Crippen LogP contribution < -0.4 is 11.1 Å². The first-order valence-corrected chi connectivity index (χ1v) is 5.16. The molecule has 1 saturated heterocycles. The number of nitrogens with one attached hydrogen (secondary N) is 1. The molecule has 0 aromatic carbocycles. The Balaban J connectivity index is 2.36. The van der Waals surface area contributed by atoms with Gasteiger partial charge in [-0.1, -0.05) is 13.8 Å². The third kappa shape index (κ3) is 3.11. The van der Waals surface area contributed by atoms with Gasteiger partial charge < -0.3 is 11.1 Å². The van der Waals surface area contributed by atoms with Crippen molar-refractivity contribution in [2.75, 3.05) is 13.1 Å². The lowest BCUT2D eigenvalue weighted by molar-refractivity contribution is 0.336. The van der Waals surface area contributed by atoms with Gasteiger partial charge in [-0.2, -0.15) is 0 Å². The van der Waals surface area contributed by atoms with E-state index in [9.17, 15) is 0 Å². The smallest absolute Gasteiger partial charge is 0.00798 e. The largest absolute Gasteiger partial charge is 0.327 e. The number of rotatable bonds is 2. The van der Waals surface area contributed by atoms with Crippen LogP contribution in [-0.4, -0.2) is 19.1 Å². The molecule has 72 valence electrons. The second kappa shape index (κ2) is 4.83. The highest BCUT2D eigenvalue weighted by Gasteiger charge is 2.20. The summed E-state index contributed by atoms with van der Waals surface area (Å²) in [6, 6.07) is 0.433. The molecule has 2 nitrogen and oxygen atoms in total. The molecule has 0 amide bonds. The minimum atomic E-state index is 0.433. The fraction of sp³-hybridized carbons (Fsp3) is 1.00. The molecule has 0 saturated carbocycles. The quantitative estimate of drug-likeness (QED) is 0.656. The molecule has 2 heteroatoms. The second-order valence-electron chi connectivity index (χ2n) is 4.38. The summed E-state index contributed by atoms with van der Waals surface area (Å²) in [7, 11) is 0. The lowest BCUT2D eigenvalue weighted by Gasteiger charge is -2.22. The molecule has 1 fully saturated rings. The zero-order valence-electron chi connectivity index (χ0n) is 8.34. The molecule has 0 aliphatic carbocycles. The highest BCUT2D eigenvalue weighted by molar-refractivity contribution is 4.78. The molecule has 1 rings (SSSR count). The van der Waals surface area contributed by atoms with Crippen LogP contribution >= 0.6 is 0 Å². The van der Waals surface area contributed by atoms with E-state index in [1.54, 1.807) is 0 Å². The summed E-state index contributed by atoms with van der Waals surface area (Å²) in [4.78, 5) is 0. The Morgan fingerprint density at radius 1 is 1.33 bits per heavy atom. The SMILES string of the molecule is CC(C)CC1CCNCCC1N. The molecule has 0 radical (unpaired) electrons. The van der Waals surface area contributed by atoms with Gasteiger partial charge in [-0.05, 0) is 44.2 Å². The fourth-order valence-corrected chi connectivity index (χ4v) is 2.03. The summed E-state index contributed by atoms with van der Waals surface area (Å²) in [5, 5.41) is 3.40. The van der Waals surface area contributed by atoms with Crippen LogP contribution in [0.4, 0.5) is 0 Å². The molecule has 0 spiro atoms. The average Bonchev–Trinajstić information content (AvgIpc) is 2.16. The monoisotopic (exact) mass is 170 g/mol. The van der Waals surface area contributed by atoms with Crippen molar-refractivity contribution >= 4 is 0 Å². The van der Waals surface area contributed by atoms with E-state index in [1.807, 2.05) is 0 Å². The van der Waals surface area contributed by atoms with Crippen molar-refractivity contribution in [3.05, 3.63) is 0 Å². The Morgan fingerprint density at radius 2 is 2.00 bits per heavy atom. The maximum atomic E-state index is 6.09. The van der Waals surface area contributed by atoms with Gasteiger partial charge in [0.05, 0.1) is 0 Å². The predicted octanol–water partition coefficient (Wildman–Crippen LogP) is 1.36.